The molecule has 1 heterocycles. The van der Waals surface area contributed by atoms with E-state index >= 15 is 0 Å². The van der Waals surface area contributed by atoms with Crippen LogP contribution in [0, 0.1) is 6.92 Å². The average molecular weight is 286 g/mol. The number of ether oxygens (including phenoxy) is 1. The third-order valence-electron chi connectivity index (χ3n) is 3.50. The van der Waals surface area contributed by atoms with Gasteiger partial charge >= 0.3 is 0 Å². The summed E-state index contributed by atoms with van der Waals surface area (Å²) >= 11 is 0. The van der Waals surface area contributed by atoms with Crippen molar-refractivity contribution in [3.05, 3.63) is 29.3 Å². The number of hydrogen-bond donors (Lipinski definition) is 6. The molecule has 0 bridgehead atoms. The van der Waals surface area contributed by atoms with Gasteiger partial charge in [-0.15, -0.1) is 0 Å². The van der Waals surface area contributed by atoms with Crippen molar-refractivity contribution in [2.24, 2.45) is 0 Å². The van der Waals surface area contributed by atoms with Gasteiger partial charge in [-0.1, -0.05) is 11.6 Å². The van der Waals surface area contributed by atoms with Gasteiger partial charge in [-0.05, 0) is 19.1 Å². The molecule has 0 spiro atoms. The molecule has 1 aliphatic rings. The Morgan fingerprint density at radius 1 is 1.20 bits per heavy atom. The number of rotatable bonds is 2. The van der Waals surface area contributed by atoms with Crippen LogP contribution in [-0.4, -0.2) is 61.7 Å². The molecule has 7 nitrogen and oxygen atoms in total. The zero-order valence-electron chi connectivity index (χ0n) is 10.8. The molecule has 1 fully saturated rings. The number of aliphatic hydroxyl groups excluding tert-OH is 4. The summed E-state index contributed by atoms with van der Waals surface area (Å²) in [6.45, 7) is 1.04. The molecular weight excluding hydrogens is 268 g/mol. The maximum absolute atomic E-state index is 10.5. The number of hydrogen-bond acceptors (Lipinski definition) is 7. The fourth-order valence-corrected chi connectivity index (χ4v) is 2.31. The second-order valence-corrected chi connectivity index (χ2v) is 4.98. The van der Waals surface area contributed by atoms with E-state index in [1.807, 2.05) is 0 Å². The molecule has 1 aromatic rings. The first-order chi connectivity index (χ1) is 9.31. The van der Waals surface area contributed by atoms with Gasteiger partial charge in [0.05, 0.1) is 12.2 Å². The minimum absolute atomic E-state index is 0.144. The van der Waals surface area contributed by atoms with Gasteiger partial charge in [0.1, 0.15) is 30.2 Å². The Labute approximate surface area is 115 Å². The Balaban J connectivity index is 2.48. The van der Waals surface area contributed by atoms with Crippen LogP contribution in [0.5, 0.6) is 5.75 Å². The van der Waals surface area contributed by atoms with Crippen molar-refractivity contribution in [3.8, 4) is 5.75 Å². The first kappa shape index (κ1) is 15.2. The van der Waals surface area contributed by atoms with E-state index in [1.54, 1.807) is 13.0 Å². The van der Waals surface area contributed by atoms with Crippen LogP contribution in [0.25, 0.3) is 0 Å². The number of aliphatic hydroxyl groups is 5. The molecule has 5 atom stereocenters. The normalized spacial score (nSPS) is 37.9. The molecule has 6 N–H and O–H groups in total. The Kier molecular flexibility index (Phi) is 4.01. The van der Waals surface area contributed by atoms with Crippen LogP contribution < -0.4 is 0 Å². The van der Waals surface area contributed by atoms with Crippen LogP contribution in [0.1, 0.15) is 11.1 Å². The third kappa shape index (κ3) is 2.28. The Hall–Kier alpha value is -1.22. The van der Waals surface area contributed by atoms with Crippen LogP contribution in [0.2, 0.25) is 0 Å². The van der Waals surface area contributed by atoms with E-state index in [0.717, 1.165) is 0 Å². The molecule has 1 aromatic carbocycles. The van der Waals surface area contributed by atoms with E-state index in [4.69, 9.17) is 9.84 Å². The molecule has 0 unspecified atom stereocenters. The Bertz CT molecular complexity index is 490. The maximum atomic E-state index is 10.5. The Morgan fingerprint density at radius 2 is 1.85 bits per heavy atom. The number of phenolic OH excluding ortho intramolecular Hbond substituents is 1. The highest BCUT2D eigenvalue weighted by molar-refractivity contribution is 5.40. The topological polar surface area (TPSA) is 131 Å². The summed E-state index contributed by atoms with van der Waals surface area (Å²) in [5, 5.41) is 58.8. The van der Waals surface area contributed by atoms with E-state index in [2.05, 4.69) is 0 Å². The smallest absolute Gasteiger partial charge is 0.226 e. The lowest BCUT2D eigenvalue weighted by Gasteiger charge is -2.45. The molecule has 7 heteroatoms. The lowest BCUT2D eigenvalue weighted by atomic mass is 9.87. The summed E-state index contributed by atoms with van der Waals surface area (Å²) in [7, 11) is 0. The van der Waals surface area contributed by atoms with Gasteiger partial charge in [0, 0.05) is 0 Å². The lowest BCUT2D eigenvalue weighted by Crippen LogP contribution is -2.63. The van der Waals surface area contributed by atoms with Crippen LogP contribution in [0.3, 0.4) is 0 Å². The number of phenols is 1. The molecule has 0 saturated carbocycles. The minimum atomic E-state index is -2.43. The number of aromatic hydroxyl groups is 1. The molecule has 0 aromatic heterocycles. The molecule has 0 aliphatic carbocycles. The fraction of sp³-hybridized carbons (Fsp3) is 0.538. The molecule has 1 aliphatic heterocycles. The molecule has 0 amide bonds. The van der Waals surface area contributed by atoms with E-state index in [1.165, 1.54) is 12.1 Å². The van der Waals surface area contributed by atoms with Crippen molar-refractivity contribution in [2.45, 2.75) is 37.1 Å². The molecule has 2 rings (SSSR count). The number of benzene rings is 1. The summed E-state index contributed by atoms with van der Waals surface area (Å²) in [5.41, 5.74) is 0.539. The Morgan fingerprint density at radius 3 is 2.45 bits per heavy atom. The van der Waals surface area contributed by atoms with E-state index < -0.39 is 36.8 Å². The quantitative estimate of drug-likeness (QED) is 0.383. The van der Waals surface area contributed by atoms with Crippen molar-refractivity contribution in [1.29, 1.82) is 0 Å². The van der Waals surface area contributed by atoms with Crippen molar-refractivity contribution in [1.82, 2.24) is 0 Å². The standard InChI is InChI=1S/C13H18O7/c1-6-2-3-8(15)7(4-6)13(19)12(18)11(17)10(16)9(5-14)20-13/h2-4,9-12,14-19H,5H2,1H3/t9-,10-,11+,12-,13+/m1/s1. The van der Waals surface area contributed by atoms with Gasteiger partial charge in [0.2, 0.25) is 5.79 Å². The highest BCUT2D eigenvalue weighted by atomic mass is 16.7. The van der Waals surface area contributed by atoms with E-state index in [0.29, 0.717) is 5.56 Å². The molecule has 0 radical (unpaired) electrons. The lowest BCUT2D eigenvalue weighted by molar-refractivity contribution is -0.358. The van der Waals surface area contributed by atoms with Crippen molar-refractivity contribution in [2.75, 3.05) is 6.61 Å². The third-order valence-corrected chi connectivity index (χ3v) is 3.50. The van der Waals surface area contributed by atoms with Crippen LogP contribution in [-0.2, 0) is 10.5 Å². The zero-order chi connectivity index (χ0) is 15.1. The largest absolute Gasteiger partial charge is 0.507 e. The first-order valence-electron chi connectivity index (χ1n) is 6.16. The van der Waals surface area contributed by atoms with Gasteiger partial charge in [-0.3, -0.25) is 0 Å². The molecule has 20 heavy (non-hydrogen) atoms. The van der Waals surface area contributed by atoms with Crippen molar-refractivity contribution >= 4 is 0 Å². The second kappa shape index (κ2) is 5.28. The van der Waals surface area contributed by atoms with E-state index in [9.17, 15) is 25.5 Å². The summed E-state index contributed by atoms with van der Waals surface area (Å²) in [6, 6.07) is 4.29. The van der Waals surface area contributed by atoms with Gasteiger partial charge in [0.15, 0.2) is 0 Å². The predicted octanol–water partition coefficient (Wildman–Crippen LogP) is -1.68. The maximum Gasteiger partial charge on any atom is 0.226 e. The molecule has 1 saturated heterocycles. The van der Waals surface area contributed by atoms with Crippen LogP contribution >= 0.6 is 0 Å². The summed E-state index contributed by atoms with van der Waals surface area (Å²) in [4.78, 5) is 0. The second-order valence-electron chi connectivity index (χ2n) is 4.98. The highest BCUT2D eigenvalue weighted by Crippen LogP contribution is 2.40. The predicted molar refractivity (Wildman–Crippen MR) is 66.7 cm³/mol. The van der Waals surface area contributed by atoms with Gasteiger partial charge in [0.25, 0.3) is 0 Å². The zero-order valence-corrected chi connectivity index (χ0v) is 10.8. The summed E-state index contributed by atoms with van der Waals surface area (Å²) in [6.07, 6.45) is -6.46. The van der Waals surface area contributed by atoms with Gasteiger partial charge in [-0.25, -0.2) is 0 Å². The van der Waals surface area contributed by atoms with Gasteiger partial charge < -0.3 is 35.4 Å². The first-order valence-corrected chi connectivity index (χ1v) is 6.16. The van der Waals surface area contributed by atoms with Crippen LogP contribution in [0.4, 0.5) is 0 Å². The van der Waals surface area contributed by atoms with Crippen molar-refractivity contribution in [3.63, 3.8) is 0 Å². The van der Waals surface area contributed by atoms with E-state index in [-0.39, 0.29) is 11.3 Å². The number of aryl methyl sites for hydroxylation is 1. The summed E-state index contributed by atoms with van der Waals surface area (Å²) in [5.74, 6) is -2.76. The minimum Gasteiger partial charge on any atom is -0.507 e. The molecule has 112 valence electrons. The SMILES string of the molecule is Cc1ccc(O)c([C@]2(O)O[C@H](CO)[C@@H](O)[C@H](O)[C@H]2O)c1. The summed E-state index contributed by atoms with van der Waals surface area (Å²) < 4.78 is 5.13. The average Bonchev–Trinajstić information content (AvgIpc) is 2.43. The molecular formula is C13H18O7. The van der Waals surface area contributed by atoms with Crippen LogP contribution in [0.15, 0.2) is 18.2 Å². The van der Waals surface area contributed by atoms with Crippen molar-refractivity contribution < 1.29 is 35.4 Å². The fourth-order valence-electron chi connectivity index (χ4n) is 2.31. The highest BCUT2D eigenvalue weighted by Gasteiger charge is 2.54. The monoisotopic (exact) mass is 286 g/mol. The van der Waals surface area contributed by atoms with Gasteiger partial charge in [-0.2, -0.15) is 0 Å².